The first-order valence-electron chi connectivity index (χ1n) is 14.3. The van der Waals surface area contributed by atoms with Gasteiger partial charge in [-0.1, -0.05) is 30.3 Å². The van der Waals surface area contributed by atoms with Gasteiger partial charge in [0.1, 0.15) is 17.3 Å². The Morgan fingerprint density at radius 1 is 1.12 bits per heavy atom. The van der Waals surface area contributed by atoms with E-state index in [0.29, 0.717) is 51.5 Å². The maximum absolute atomic E-state index is 13.7. The minimum Gasteiger partial charge on any atom is -0.493 e. The summed E-state index contributed by atoms with van der Waals surface area (Å²) >= 11 is 0. The molecule has 7 nitrogen and oxygen atoms in total. The molecule has 0 unspecified atom stereocenters. The quantitative estimate of drug-likeness (QED) is 0.171. The Morgan fingerprint density at radius 3 is 2.88 bits per heavy atom. The molecule has 0 amide bonds. The van der Waals surface area contributed by atoms with Crippen molar-refractivity contribution >= 4 is 27.6 Å². The van der Waals surface area contributed by atoms with Gasteiger partial charge in [-0.3, -0.25) is 5.10 Å². The number of nitrogens with zero attached hydrogens (tertiary/aromatic N) is 2. The normalized spacial score (nSPS) is 13.6. The molecular formula is C33H34FN3O4. The zero-order chi connectivity index (χ0) is 28.3. The van der Waals surface area contributed by atoms with Crippen LogP contribution < -0.4 is 4.74 Å². The maximum atomic E-state index is 13.7. The molecule has 0 radical (unpaired) electrons. The smallest absolute Gasteiger partial charge is 0.355 e. The van der Waals surface area contributed by atoms with Crippen LogP contribution in [-0.4, -0.2) is 40.6 Å². The molecule has 1 aliphatic heterocycles. The van der Waals surface area contributed by atoms with E-state index in [1.807, 2.05) is 38.1 Å². The predicted molar refractivity (Wildman–Crippen MR) is 157 cm³/mol. The first kappa shape index (κ1) is 27.0. The summed E-state index contributed by atoms with van der Waals surface area (Å²) in [6.07, 6.45) is 3.09. The average molecular weight is 556 g/mol. The molecule has 1 aliphatic rings. The highest BCUT2D eigenvalue weighted by Gasteiger charge is 2.27. The number of carbonyl (C=O) groups is 1. The Hall–Kier alpha value is -4.17. The van der Waals surface area contributed by atoms with Gasteiger partial charge in [0.05, 0.1) is 36.7 Å². The van der Waals surface area contributed by atoms with Crippen molar-refractivity contribution in [3.63, 3.8) is 0 Å². The van der Waals surface area contributed by atoms with Crippen LogP contribution in [0.15, 0.2) is 54.6 Å². The number of aromatic nitrogens is 3. The van der Waals surface area contributed by atoms with Crippen LogP contribution in [0.3, 0.4) is 0 Å². The van der Waals surface area contributed by atoms with Gasteiger partial charge in [-0.15, -0.1) is 0 Å². The molecular weight excluding hydrogens is 521 g/mol. The summed E-state index contributed by atoms with van der Waals surface area (Å²) in [6, 6.07) is 16.6. The number of hydrogen-bond donors (Lipinski definition) is 1. The fourth-order valence-electron chi connectivity index (χ4n) is 5.96. The van der Waals surface area contributed by atoms with Gasteiger partial charge in [-0.25, -0.2) is 9.18 Å². The lowest BCUT2D eigenvalue weighted by Gasteiger charge is -2.13. The highest BCUT2D eigenvalue weighted by molar-refractivity contribution is 6.05. The standard InChI is InChI=1S/C33H34FN3O4/c1-3-40-33(38)32-26(12-8-18-41-29-13-6-9-22-19-23(34)14-15-24(22)29)25-10-7-11-27-30-21(2)35-36-28(30)20-39-17-5-4-16-37(32)31(25)27/h6-7,9-11,13-15,19H,3-5,8,12,16-18,20H2,1-2H3,(H,35,36). The van der Waals surface area contributed by atoms with Gasteiger partial charge in [-0.2, -0.15) is 5.10 Å². The molecule has 0 spiro atoms. The minimum absolute atomic E-state index is 0.270. The second-order valence-corrected chi connectivity index (χ2v) is 10.4. The summed E-state index contributed by atoms with van der Waals surface area (Å²) in [4.78, 5) is 13.5. The van der Waals surface area contributed by atoms with Gasteiger partial charge >= 0.3 is 5.97 Å². The second-order valence-electron chi connectivity index (χ2n) is 10.4. The van der Waals surface area contributed by atoms with Gasteiger partial charge in [0.25, 0.3) is 0 Å². The third-order valence-corrected chi connectivity index (χ3v) is 7.75. The van der Waals surface area contributed by atoms with Crippen molar-refractivity contribution in [2.75, 3.05) is 19.8 Å². The molecule has 1 N–H and O–H groups in total. The molecule has 8 heteroatoms. The van der Waals surface area contributed by atoms with Crippen molar-refractivity contribution in [3.8, 4) is 16.9 Å². The molecule has 6 rings (SSSR count). The van der Waals surface area contributed by atoms with Crippen molar-refractivity contribution in [1.29, 1.82) is 0 Å². The lowest BCUT2D eigenvalue weighted by atomic mass is 9.98. The largest absolute Gasteiger partial charge is 0.493 e. The number of hydrogen-bond acceptors (Lipinski definition) is 5. The first-order valence-corrected chi connectivity index (χ1v) is 14.3. The topological polar surface area (TPSA) is 78.4 Å². The number of nitrogens with one attached hydrogen (secondary N) is 1. The zero-order valence-electron chi connectivity index (χ0n) is 23.5. The van der Waals surface area contributed by atoms with Crippen molar-refractivity contribution in [2.24, 2.45) is 0 Å². The lowest BCUT2D eigenvalue weighted by molar-refractivity contribution is 0.0512. The highest BCUT2D eigenvalue weighted by Crippen LogP contribution is 2.38. The van der Waals surface area contributed by atoms with Crippen LogP contribution in [-0.2, 0) is 29.0 Å². The molecule has 0 bridgehead atoms. The number of para-hydroxylation sites is 1. The SMILES string of the molecule is CCOC(=O)c1c(CCCOc2cccc3cc(F)ccc23)c2cccc3c2n1CCCCOCc1[nH]nc(C)c1-3. The molecule has 0 fully saturated rings. The molecule has 0 saturated heterocycles. The van der Waals surface area contributed by atoms with E-state index in [9.17, 15) is 9.18 Å². The Kier molecular flexibility index (Phi) is 7.74. The van der Waals surface area contributed by atoms with Crippen LogP contribution in [0.5, 0.6) is 5.75 Å². The third-order valence-electron chi connectivity index (χ3n) is 7.75. The van der Waals surface area contributed by atoms with Crippen molar-refractivity contribution < 1.29 is 23.4 Å². The first-order chi connectivity index (χ1) is 20.1. The Balaban J connectivity index is 1.39. The molecule has 0 saturated carbocycles. The molecule has 3 aromatic carbocycles. The summed E-state index contributed by atoms with van der Waals surface area (Å²) in [5.74, 6) is 0.141. The van der Waals surface area contributed by atoms with Crippen LogP contribution in [0.2, 0.25) is 0 Å². The van der Waals surface area contributed by atoms with E-state index < -0.39 is 0 Å². The Bertz CT molecular complexity index is 1720. The zero-order valence-corrected chi connectivity index (χ0v) is 23.5. The van der Waals surface area contributed by atoms with Crippen LogP contribution in [0, 0.1) is 12.7 Å². The van der Waals surface area contributed by atoms with Crippen LogP contribution in [0.25, 0.3) is 32.8 Å². The summed E-state index contributed by atoms with van der Waals surface area (Å²) in [5.41, 5.74) is 6.49. The number of ether oxygens (including phenoxy) is 3. The highest BCUT2D eigenvalue weighted by atomic mass is 19.1. The lowest BCUT2D eigenvalue weighted by Crippen LogP contribution is -2.15. The Labute approximate surface area is 238 Å². The van der Waals surface area contributed by atoms with Gasteiger partial charge in [0.15, 0.2) is 0 Å². The van der Waals surface area contributed by atoms with Crippen molar-refractivity contribution in [3.05, 3.63) is 83.1 Å². The third kappa shape index (κ3) is 5.20. The van der Waals surface area contributed by atoms with Crippen LogP contribution in [0.4, 0.5) is 4.39 Å². The van der Waals surface area contributed by atoms with E-state index in [-0.39, 0.29) is 11.8 Å². The van der Waals surface area contributed by atoms with E-state index >= 15 is 0 Å². The summed E-state index contributed by atoms with van der Waals surface area (Å²) < 4.78 is 33.6. The van der Waals surface area contributed by atoms with E-state index in [4.69, 9.17) is 14.2 Å². The molecule has 2 aromatic heterocycles. The molecule has 5 aromatic rings. The number of aromatic amines is 1. The van der Waals surface area contributed by atoms with Crippen LogP contribution in [0.1, 0.15) is 53.6 Å². The number of aryl methyl sites for hydroxylation is 3. The number of fused-ring (bicyclic) bond motifs is 3. The number of rotatable bonds is 7. The molecule has 212 valence electrons. The van der Waals surface area contributed by atoms with Gasteiger partial charge in [-0.05, 0) is 74.7 Å². The number of halogens is 1. The fraction of sp³-hybridized carbons (Fsp3) is 0.333. The predicted octanol–water partition coefficient (Wildman–Crippen LogP) is 7.13. The van der Waals surface area contributed by atoms with E-state index in [2.05, 4.69) is 26.9 Å². The average Bonchev–Trinajstić information content (AvgIpc) is 3.48. The number of benzene rings is 3. The van der Waals surface area contributed by atoms with Crippen molar-refractivity contribution in [2.45, 2.75) is 52.7 Å². The van der Waals surface area contributed by atoms with Crippen LogP contribution >= 0.6 is 0 Å². The van der Waals surface area contributed by atoms with Gasteiger partial charge in [0, 0.05) is 35.1 Å². The van der Waals surface area contributed by atoms with Crippen molar-refractivity contribution in [1.82, 2.24) is 14.8 Å². The molecule has 0 aliphatic carbocycles. The van der Waals surface area contributed by atoms with E-state index in [0.717, 1.165) is 68.3 Å². The van der Waals surface area contributed by atoms with Gasteiger partial charge in [0.2, 0.25) is 0 Å². The van der Waals surface area contributed by atoms with E-state index in [1.165, 1.54) is 12.1 Å². The second kappa shape index (κ2) is 11.7. The number of esters is 1. The molecule has 3 heterocycles. The number of H-pyrrole nitrogens is 1. The van der Waals surface area contributed by atoms with Gasteiger partial charge < -0.3 is 18.8 Å². The van der Waals surface area contributed by atoms with E-state index in [1.54, 1.807) is 6.07 Å². The monoisotopic (exact) mass is 555 g/mol. The maximum Gasteiger partial charge on any atom is 0.355 e. The summed E-state index contributed by atoms with van der Waals surface area (Å²) in [5, 5.41) is 10.4. The summed E-state index contributed by atoms with van der Waals surface area (Å²) in [6.45, 7) is 6.36. The molecule has 0 atom stereocenters. The number of carbonyl (C=O) groups excluding carboxylic acids is 1. The Morgan fingerprint density at radius 2 is 2.00 bits per heavy atom. The fourth-order valence-corrected chi connectivity index (χ4v) is 5.96. The molecule has 41 heavy (non-hydrogen) atoms. The minimum atomic E-state index is -0.308. The summed E-state index contributed by atoms with van der Waals surface area (Å²) in [7, 11) is 0.